The lowest BCUT2D eigenvalue weighted by molar-refractivity contribution is 1.05. The van der Waals surface area contributed by atoms with Gasteiger partial charge in [-0.15, -0.1) is 0 Å². The molecule has 1 heterocycles. The maximum absolute atomic E-state index is 3.14. The van der Waals surface area contributed by atoms with E-state index in [9.17, 15) is 0 Å². The highest BCUT2D eigenvalue weighted by Crippen LogP contribution is 2.24. The number of aryl methyl sites for hydroxylation is 1. The third kappa shape index (κ3) is 2.55. The average molecular weight is 266 g/mol. The van der Waals surface area contributed by atoms with Crippen molar-refractivity contribution in [2.75, 3.05) is 12.4 Å². The molecule has 0 unspecified atom stereocenters. The molecule has 0 spiro atoms. The molecular weight excluding hydrogens is 244 g/mol. The van der Waals surface area contributed by atoms with Crippen LogP contribution < -0.4 is 5.32 Å². The first-order valence-electron chi connectivity index (χ1n) is 7.15. The van der Waals surface area contributed by atoms with Gasteiger partial charge in [0.25, 0.3) is 0 Å². The van der Waals surface area contributed by atoms with Gasteiger partial charge in [0.05, 0.1) is 5.52 Å². The lowest BCUT2D eigenvalue weighted by Crippen LogP contribution is -1.96. The summed E-state index contributed by atoms with van der Waals surface area (Å²) in [6.07, 6.45) is 0. The van der Waals surface area contributed by atoms with Crippen LogP contribution in [0.5, 0.6) is 0 Å². The third-order valence-corrected chi connectivity index (χ3v) is 3.31. The zero-order valence-electron chi connectivity index (χ0n) is 12.6. The van der Waals surface area contributed by atoms with Crippen molar-refractivity contribution in [2.45, 2.75) is 20.8 Å². The second-order valence-corrected chi connectivity index (χ2v) is 4.48. The van der Waals surface area contributed by atoms with Gasteiger partial charge in [-0.3, -0.25) is 0 Å². The van der Waals surface area contributed by atoms with Gasteiger partial charge >= 0.3 is 0 Å². The highest BCUT2D eigenvalue weighted by atomic mass is 15.0. The van der Waals surface area contributed by atoms with Gasteiger partial charge < -0.3 is 9.88 Å². The third-order valence-electron chi connectivity index (χ3n) is 3.31. The summed E-state index contributed by atoms with van der Waals surface area (Å²) in [6, 6.07) is 19.2. The fourth-order valence-electron chi connectivity index (χ4n) is 2.41. The van der Waals surface area contributed by atoms with E-state index in [1.54, 1.807) is 0 Å². The molecule has 0 aliphatic heterocycles. The molecule has 0 aliphatic carbocycles. The Kier molecular flexibility index (Phi) is 4.46. The molecule has 0 atom stereocenters. The monoisotopic (exact) mass is 266 g/mol. The summed E-state index contributed by atoms with van der Waals surface area (Å²) in [5.41, 5.74) is 4.85. The number of benzene rings is 2. The number of anilines is 1. The molecular formula is C18H22N2. The Labute approximate surface area is 121 Å². The maximum atomic E-state index is 3.14. The Morgan fingerprint density at radius 1 is 0.900 bits per heavy atom. The number of nitrogens with one attached hydrogen (secondary N) is 1. The van der Waals surface area contributed by atoms with Crippen molar-refractivity contribution in [2.24, 2.45) is 0 Å². The number of hydrogen-bond acceptors (Lipinski definition) is 1. The van der Waals surface area contributed by atoms with Gasteiger partial charge in [0.1, 0.15) is 0 Å². The second kappa shape index (κ2) is 6.29. The van der Waals surface area contributed by atoms with Crippen LogP contribution in [0.3, 0.4) is 0 Å². The van der Waals surface area contributed by atoms with E-state index in [0.29, 0.717) is 0 Å². The molecule has 0 amide bonds. The molecule has 0 aliphatic rings. The summed E-state index contributed by atoms with van der Waals surface area (Å²) in [5.74, 6) is 0. The van der Waals surface area contributed by atoms with Gasteiger partial charge in [-0.2, -0.15) is 0 Å². The van der Waals surface area contributed by atoms with Gasteiger partial charge in [-0.1, -0.05) is 32.0 Å². The minimum absolute atomic E-state index is 1.13. The van der Waals surface area contributed by atoms with Gasteiger partial charge in [-0.25, -0.2) is 0 Å². The minimum Gasteiger partial charge on any atom is -0.388 e. The molecule has 20 heavy (non-hydrogen) atoms. The zero-order valence-corrected chi connectivity index (χ0v) is 12.6. The SMILES string of the molecule is CC.CNc1ccc(-n2c(C)cc3ccccc32)cc1. The Morgan fingerprint density at radius 3 is 2.20 bits per heavy atom. The number of nitrogens with zero attached hydrogens (tertiary/aromatic N) is 1. The Hall–Kier alpha value is -2.22. The van der Waals surface area contributed by atoms with E-state index in [4.69, 9.17) is 0 Å². The van der Waals surface area contributed by atoms with E-state index in [-0.39, 0.29) is 0 Å². The quantitative estimate of drug-likeness (QED) is 0.690. The van der Waals surface area contributed by atoms with Crippen molar-refractivity contribution in [1.82, 2.24) is 4.57 Å². The van der Waals surface area contributed by atoms with E-state index in [2.05, 4.69) is 71.4 Å². The van der Waals surface area contributed by atoms with Crippen LogP contribution in [-0.2, 0) is 0 Å². The second-order valence-electron chi connectivity index (χ2n) is 4.48. The Bertz CT molecular complexity index is 678. The van der Waals surface area contributed by atoms with Crippen LogP contribution in [0, 0.1) is 6.92 Å². The first-order chi connectivity index (χ1) is 9.79. The molecule has 3 rings (SSSR count). The molecule has 2 aromatic carbocycles. The number of fused-ring (bicyclic) bond motifs is 1. The Balaban J connectivity index is 0.000000704. The van der Waals surface area contributed by atoms with Crippen LogP contribution in [-0.4, -0.2) is 11.6 Å². The molecule has 2 heteroatoms. The van der Waals surface area contributed by atoms with Gasteiger partial charge in [0.2, 0.25) is 0 Å². The summed E-state index contributed by atoms with van der Waals surface area (Å²) in [4.78, 5) is 0. The van der Waals surface area contributed by atoms with E-state index >= 15 is 0 Å². The fourth-order valence-corrected chi connectivity index (χ4v) is 2.41. The van der Waals surface area contributed by atoms with Crippen molar-refractivity contribution >= 4 is 16.6 Å². The maximum Gasteiger partial charge on any atom is 0.0531 e. The number of hydrogen-bond donors (Lipinski definition) is 1. The summed E-state index contributed by atoms with van der Waals surface area (Å²) >= 11 is 0. The number of aromatic nitrogens is 1. The van der Waals surface area contributed by atoms with Gasteiger partial charge in [-0.05, 0) is 43.3 Å². The van der Waals surface area contributed by atoms with Crippen LogP contribution in [0.2, 0.25) is 0 Å². The normalized spacial score (nSPS) is 10.0. The van der Waals surface area contributed by atoms with E-state index in [0.717, 1.165) is 5.69 Å². The van der Waals surface area contributed by atoms with Crippen molar-refractivity contribution < 1.29 is 0 Å². The van der Waals surface area contributed by atoms with Crippen molar-refractivity contribution in [1.29, 1.82) is 0 Å². The molecule has 0 saturated heterocycles. The lowest BCUT2D eigenvalue weighted by Gasteiger charge is -2.09. The summed E-state index contributed by atoms with van der Waals surface area (Å²) < 4.78 is 2.29. The van der Waals surface area contributed by atoms with Crippen LogP contribution in [0.4, 0.5) is 5.69 Å². The first kappa shape index (κ1) is 14.2. The largest absolute Gasteiger partial charge is 0.388 e. The number of rotatable bonds is 2. The van der Waals surface area contributed by atoms with Crippen molar-refractivity contribution in [3.05, 3.63) is 60.3 Å². The fraction of sp³-hybridized carbons (Fsp3) is 0.222. The van der Waals surface area contributed by atoms with E-state index in [1.165, 1.54) is 22.3 Å². The topological polar surface area (TPSA) is 17.0 Å². The van der Waals surface area contributed by atoms with Crippen molar-refractivity contribution in [3.63, 3.8) is 0 Å². The minimum atomic E-state index is 1.13. The molecule has 0 fully saturated rings. The van der Waals surface area contributed by atoms with E-state index in [1.807, 2.05) is 20.9 Å². The van der Waals surface area contributed by atoms with Crippen LogP contribution in [0.1, 0.15) is 19.5 Å². The standard InChI is InChI=1S/C16H16N2.C2H6/c1-12-11-13-5-3-4-6-16(13)18(12)15-9-7-14(17-2)8-10-15;1-2/h3-11,17H,1-2H3;1-2H3. The molecule has 104 valence electrons. The smallest absolute Gasteiger partial charge is 0.0531 e. The molecule has 3 aromatic rings. The Morgan fingerprint density at radius 2 is 1.55 bits per heavy atom. The predicted molar refractivity (Wildman–Crippen MR) is 88.9 cm³/mol. The van der Waals surface area contributed by atoms with Gasteiger partial charge in [0, 0.05) is 29.5 Å². The average Bonchev–Trinajstić information content (AvgIpc) is 2.85. The predicted octanol–water partition coefficient (Wildman–Crippen LogP) is 5.01. The first-order valence-corrected chi connectivity index (χ1v) is 7.15. The van der Waals surface area contributed by atoms with Crippen LogP contribution in [0.25, 0.3) is 16.6 Å². The molecule has 2 nitrogen and oxygen atoms in total. The molecule has 1 aromatic heterocycles. The summed E-state index contributed by atoms with van der Waals surface area (Å²) in [7, 11) is 1.94. The van der Waals surface area contributed by atoms with Gasteiger partial charge in [0.15, 0.2) is 0 Å². The zero-order chi connectivity index (χ0) is 14.5. The molecule has 1 N–H and O–H groups in total. The van der Waals surface area contributed by atoms with Crippen LogP contribution >= 0.6 is 0 Å². The number of para-hydroxylation sites is 1. The highest BCUT2D eigenvalue weighted by Gasteiger charge is 2.06. The van der Waals surface area contributed by atoms with Crippen molar-refractivity contribution in [3.8, 4) is 5.69 Å². The molecule has 0 bridgehead atoms. The molecule has 0 radical (unpaired) electrons. The highest BCUT2D eigenvalue weighted by molar-refractivity contribution is 5.83. The summed E-state index contributed by atoms with van der Waals surface area (Å²) in [6.45, 7) is 6.14. The van der Waals surface area contributed by atoms with E-state index < -0.39 is 0 Å². The lowest BCUT2D eigenvalue weighted by atomic mass is 10.2. The summed E-state index contributed by atoms with van der Waals surface area (Å²) in [5, 5.41) is 4.43. The molecule has 0 saturated carbocycles. The van der Waals surface area contributed by atoms with Crippen LogP contribution in [0.15, 0.2) is 54.6 Å².